The zero-order valence-electron chi connectivity index (χ0n) is 8.92. The molecule has 0 saturated carbocycles. The van der Waals surface area contributed by atoms with Crippen LogP contribution in [0.1, 0.15) is 18.1 Å². The summed E-state index contributed by atoms with van der Waals surface area (Å²) in [4.78, 5) is 3.68. The van der Waals surface area contributed by atoms with Crippen molar-refractivity contribution in [2.75, 3.05) is 0 Å². The van der Waals surface area contributed by atoms with Gasteiger partial charge in [-0.2, -0.15) is 13.2 Å². The summed E-state index contributed by atoms with van der Waals surface area (Å²) in [5.74, 6) is 0. The van der Waals surface area contributed by atoms with E-state index in [0.29, 0.717) is 0 Å². The summed E-state index contributed by atoms with van der Waals surface area (Å²) in [5.41, 5.74) is 2.22. The van der Waals surface area contributed by atoms with Crippen molar-refractivity contribution in [1.82, 2.24) is 4.98 Å². The monoisotopic (exact) mass is 234 g/mol. The third kappa shape index (κ3) is 1.90. The van der Waals surface area contributed by atoms with E-state index >= 15 is 0 Å². The lowest BCUT2D eigenvalue weighted by Gasteiger charge is -2.35. The minimum Gasteiger partial charge on any atom is -0.375 e. The Morgan fingerprint density at radius 1 is 1.44 bits per heavy atom. The molecule has 2 unspecified atom stereocenters. The molecule has 3 N–H and O–H groups in total. The number of halogens is 3. The van der Waals surface area contributed by atoms with E-state index in [-0.39, 0.29) is 11.1 Å². The maximum Gasteiger partial charge on any atom is 0.422 e. The van der Waals surface area contributed by atoms with E-state index in [1.807, 2.05) is 0 Å². The average molecular weight is 234 g/mol. The van der Waals surface area contributed by atoms with Crippen molar-refractivity contribution >= 4 is 0 Å². The maximum absolute atomic E-state index is 12.9. The molecule has 1 heterocycles. The standard InChI is InChI=1S/C10H13F3N2O/c1-6-5-15-4-3-8(6)9(16,7(2)14)10(11,12)13/h3-5,7,16H,14H2,1-2H3. The maximum atomic E-state index is 12.9. The van der Waals surface area contributed by atoms with Crippen molar-refractivity contribution < 1.29 is 18.3 Å². The molecule has 1 aromatic heterocycles. The Kier molecular flexibility index (Phi) is 3.25. The van der Waals surface area contributed by atoms with Crippen LogP contribution in [0.2, 0.25) is 0 Å². The SMILES string of the molecule is Cc1cnccc1C(O)(C(C)N)C(F)(F)F. The molecule has 0 saturated heterocycles. The summed E-state index contributed by atoms with van der Waals surface area (Å²) in [6.45, 7) is 2.56. The summed E-state index contributed by atoms with van der Waals surface area (Å²) >= 11 is 0. The van der Waals surface area contributed by atoms with Gasteiger partial charge in [0.05, 0.1) is 0 Å². The van der Waals surface area contributed by atoms with Crippen molar-refractivity contribution in [2.24, 2.45) is 5.73 Å². The second-order valence-electron chi connectivity index (χ2n) is 3.74. The zero-order chi connectivity index (χ0) is 12.6. The van der Waals surface area contributed by atoms with Gasteiger partial charge in [-0.1, -0.05) is 0 Å². The van der Waals surface area contributed by atoms with Gasteiger partial charge in [0, 0.05) is 24.0 Å². The summed E-state index contributed by atoms with van der Waals surface area (Å²) < 4.78 is 38.6. The Balaban J connectivity index is 3.40. The number of aliphatic hydroxyl groups is 1. The molecule has 0 aromatic carbocycles. The highest BCUT2D eigenvalue weighted by atomic mass is 19.4. The molecule has 1 rings (SSSR count). The van der Waals surface area contributed by atoms with E-state index in [1.54, 1.807) is 0 Å². The van der Waals surface area contributed by atoms with Crippen LogP contribution in [-0.4, -0.2) is 22.3 Å². The highest BCUT2D eigenvalue weighted by Gasteiger charge is 2.58. The van der Waals surface area contributed by atoms with Gasteiger partial charge in [0.2, 0.25) is 5.60 Å². The van der Waals surface area contributed by atoms with Crippen LogP contribution in [0.25, 0.3) is 0 Å². The van der Waals surface area contributed by atoms with E-state index in [2.05, 4.69) is 4.98 Å². The first-order valence-electron chi connectivity index (χ1n) is 4.67. The van der Waals surface area contributed by atoms with Crippen molar-refractivity contribution in [3.8, 4) is 0 Å². The Morgan fingerprint density at radius 2 is 2.00 bits per heavy atom. The largest absolute Gasteiger partial charge is 0.422 e. The molecule has 0 aliphatic carbocycles. The average Bonchev–Trinajstić information content (AvgIpc) is 2.15. The molecule has 16 heavy (non-hydrogen) atoms. The first kappa shape index (κ1) is 12.9. The summed E-state index contributed by atoms with van der Waals surface area (Å²) in [5, 5.41) is 9.80. The van der Waals surface area contributed by atoms with Gasteiger partial charge < -0.3 is 10.8 Å². The lowest BCUT2D eigenvalue weighted by atomic mass is 9.85. The number of hydrogen-bond donors (Lipinski definition) is 2. The fourth-order valence-electron chi connectivity index (χ4n) is 1.56. The molecule has 0 amide bonds. The van der Waals surface area contributed by atoms with E-state index in [1.165, 1.54) is 19.3 Å². The van der Waals surface area contributed by atoms with Gasteiger partial charge in [-0.25, -0.2) is 0 Å². The highest BCUT2D eigenvalue weighted by Crippen LogP contribution is 2.41. The van der Waals surface area contributed by atoms with Gasteiger partial charge >= 0.3 is 6.18 Å². The molecule has 2 atom stereocenters. The molecule has 0 fully saturated rings. The number of pyridine rings is 1. The van der Waals surface area contributed by atoms with Crippen molar-refractivity contribution in [3.05, 3.63) is 29.6 Å². The second-order valence-corrected chi connectivity index (χ2v) is 3.74. The third-order valence-corrected chi connectivity index (χ3v) is 2.52. The third-order valence-electron chi connectivity index (χ3n) is 2.52. The van der Waals surface area contributed by atoms with Crippen LogP contribution in [0, 0.1) is 6.92 Å². The van der Waals surface area contributed by atoms with Crippen LogP contribution in [0.15, 0.2) is 18.5 Å². The molecule has 0 radical (unpaired) electrons. The molecule has 0 aliphatic rings. The van der Waals surface area contributed by atoms with Gasteiger partial charge in [0.1, 0.15) is 0 Å². The molecule has 90 valence electrons. The van der Waals surface area contributed by atoms with Gasteiger partial charge in [-0.3, -0.25) is 4.98 Å². The number of alkyl halides is 3. The fraction of sp³-hybridized carbons (Fsp3) is 0.500. The van der Waals surface area contributed by atoms with Crippen LogP contribution >= 0.6 is 0 Å². The van der Waals surface area contributed by atoms with Crippen LogP contribution in [0.4, 0.5) is 13.2 Å². The molecule has 0 aliphatic heterocycles. The number of hydrogen-bond acceptors (Lipinski definition) is 3. The highest BCUT2D eigenvalue weighted by molar-refractivity contribution is 5.31. The lowest BCUT2D eigenvalue weighted by Crippen LogP contribution is -2.54. The van der Waals surface area contributed by atoms with Crippen LogP contribution < -0.4 is 5.73 Å². The fourth-order valence-corrected chi connectivity index (χ4v) is 1.56. The number of nitrogens with two attached hydrogens (primary N) is 1. The van der Waals surface area contributed by atoms with Gasteiger partial charge in [-0.05, 0) is 25.5 Å². The van der Waals surface area contributed by atoms with E-state index < -0.39 is 17.8 Å². The molecule has 1 aromatic rings. The molecular formula is C10H13F3N2O. The summed E-state index contributed by atoms with van der Waals surface area (Å²) in [6, 6.07) is -0.333. The normalized spacial score (nSPS) is 17.9. The van der Waals surface area contributed by atoms with E-state index in [4.69, 9.17) is 5.73 Å². The van der Waals surface area contributed by atoms with Gasteiger partial charge in [0.25, 0.3) is 0 Å². The lowest BCUT2D eigenvalue weighted by molar-refractivity contribution is -0.273. The number of rotatable bonds is 2. The minimum atomic E-state index is -4.83. The van der Waals surface area contributed by atoms with Crippen molar-refractivity contribution in [2.45, 2.75) is 31.7 Å². The summed E-state index contributed by atoms with van der Waals surface area (Å²) in [7, 11) is 0. The Labute approximate surface area is 91.1 Å². The molecule has 6 heteroatoms. The predicted octanol–water partition coefficient (Wildman–Crippen LogP) is 1.49. The van der Waals surface area contributed by atoms with Crippen LogP contribution in [0.3, 0.4) is 0 Å². The minimum absolute atomic E-state index is 0.250. The first-order valence-corrected chi connectivity index (χ1v) is 4.67. The molecule has 3 nitrogen and oxygen atoms in total. The van der Waals surface area contributed by atoms with Crippen LogP contribution in [-0.2, 0) is 5.60 Å². The predicted molar refractivity (Wildman–Crippen MR) is 52.6 cm³/mol. The topological polar surface area (TPSA) is 59.1 Å². The quantitative estimate of drug-likeness (QED) is 0.815. The first-order chi connectivity index (χ1) is 7.21. The Bertz CT molecular complexity index is 379. The smallest absolute Gasteiger partial charge is 0.375 e. The Morgan fingerprint density at radius 3 is 2.38 bits per heavy atom. The molecule has 0 bridgehead atoms. The Hall–Kier alpha value is -1.14. The zero-order valence-corrected chi connectivity index (χ0v) is 8.92. The number of aryl methyl sites for hydroxylation is 1. The molecule has 0 spiro atoms. The number of nitrogens with zero attached hydrogens (tertiary/aromatic N) is 1. The molecular weight excluding hydrogens is 221 g/mol. The van der Waals surface area contributed by atoms with Crippen molar-refractivity contribution in [3.63, 3.8) is 0 Å². The van der Waals surface area contributed by atoms with E-state index in [9.17, 15) is 18.3 Å². The second kappa shape index (κ2) is 4.03. The van der Waals surface area contributed by atoms with Crippen molar-refractivity contribution in [1.29, 1.82) is 0 Å². The van der Waals surface area contributed by atoms with Crippen LogP contribution in [0.5, 0.6) is 0 Å². The van der Waals surface area contributed by atoms with E-state index in [0.717, 1.165) is 13.0 Å². The van der Waals surface area contributed by atoms with Gasteiger partial charge in [0.15, 0.2) is 0 Å². The van der Waals surface area contributed by atoms with Gasteiger partial charge in [-0.15, -0.1) is 0 Å². The number of aromatic nitrogens is 1. The summed E-state index contributed by atoms with van der Waals surface area (Å²) in [6.07, 6.45) is -2.37.